The SMILES string of the molecule is O=C(O)c1ccnc(NC(=O)c2ccc(F)cc2I)c1. The number of hydrogen-bond acceptors (Lipinski definition) is 3. The Kier molecular flexibility index (Phi) is 4.28. The van der Waals surface area contributed by atoms with Gasteiger partial charge in [0.05, 0.1) is 11.1 Å². The molecule has 0 atom stereocenters. The Morgan fingerprint density at radius 2 is 2.00 bits per heavy atom. The van der Waals surface area contributed by atoms with Crippen molar-refractivity contribution in [2.24, 2.45) is 0 Å². The maximum Gasteiger partial charge on any atom is 0.335 e. The molecule has 0 fully saturated rings. The number of pyridine rings is 1. The van der Waals surface area contributed by atoms with E-state index in [1.54, 1.807) is 0 Å². The third-order valence-corrected chi connectivity index (χ3v) is 3.32. The third kappa shape index (κ3) is 3.29. The number of carboxylic acids is 1. The zero-order valence-electron chi connectivity index (χ0n) is 9.93. The van der Waals surface area contributed by atoms with Gasteiger partial charge in [0.25, 0.3) is 5.91 Å². The van der Waals surface area contributed by atoms with E-state index in [9.17, 15) is 14.0 Å². The lowest BCUT2D eigenvalue weighted by Crippen LogP contribution is -2.15. The number of rotatable bonds is 3. The minimum Gasteiger partial charge on any atom is -0.478 e. The molecule has 0 bridgehead atoms. The van der Waals surface area contributed by atoms with Gasteiger partial charge in [0.15, 0.2) is 0 Å². The summed E-state index contributed by atoms with van der Waals surface area (Å²) in [4.78, 5) is 26.7. The van der Waals surface area contributed by atoms with Crippen LogP contribution in [-0.2, 0) is 0 Å². The van der Waals surface area contributed by atoms with Gasteiger partial charge in [0.1, 0.15) is 11.6 Å². The highest BCUT2D eigenvalue weighted by molar-refractivity contribution is 14.1. The number of benzene rings is 1. The van der Waals surface area contributed by atoms with Crippen LogP contribution in [0.15, 0.2) is 36.5 Å². The lowest BCUT2D eigenvalue weighted by Gasteiger charge is -2.06. The van der Waals surface area contributed by atoms with Gasteiger partial charge in [-0.15, -0.1) is 0 Å². The van der Waals surface area contributed by atoms with Gasteiger partial charge in [-0.3, -0.25) is 4.79 Å². The normalized spacial score (nSPS) is 10.1. The lowest BCUT2D eigenvalue weighted by atomic mass is 10.2. The molecule has 1 amide bonds. The van der Waals surface area contributed by atoms with Gasteiger partial charge in [-0.25, -0.2) is 14.2 Å². The molecule has 1 aromatic carbocycles. The van der Waals surface area contributed by atoms with Crippen LogP contribution in [0.3, 0.4) is 0 Å². The average molecular weight is 386 g/mol. The fraction of sp³-hybridized carbons (Fsp3) is 0. The van der Waals surface area contributed by atoms with E-state index in [0.717, 1.165) is 0 Å². The van der Waals surface area contributed by atoms with Crippen LogP contribution in [0.25, 0.3) is 0 Å². The van der Waals surface area contributed by atoms with Crippen LogP contribution >= 0.6 is 22.6 Å². The maximum absolute atomic E-state index is 13.0. The largest absolute Gasteiger partial charge is 0.478 e. The van der Waals surface area contributed by atoms with Crippen molar-refractivity contribution in [3.8, 4) is 0 Å². The molecule has 0 radical (unpaired) electrons. The summed E-state index contributed by atoms with van der Waals surface area (Å²) < 4.78 is 13.4. The van der Waals surface area contributed by atoms with E-state index in [1.165, 1.54) is 36.5 Å². The summed E-state index contributed by atoms with van der Waals surface area (Å²) in [7, 11) is 0. The van der Waals surface area contributed by atoms with Crippen molar-refractivity contribution in [2.45, 2.75) is 0 Å². The Hall–Kier alpha value is -2.03. The minimum atomic E-state index is -1.11. The highest BCUT2D eigenvalue weighted by atomic mass is 127. The highest BCUT2D eigenvalue weighted by Gasteiger charge is 2.12. The van der Waals surface area contributed by atoms with Crippen molar-refractivity contribution in [3.63, 3.8) is 0 Å². The number of aromatic carboxylic acids is 1. The molecule has 2 N–H and O–H groups in total. The van der Waals surface area contributed by atoms with Crippen LogP contribution in [0.2, 0.25) is 0 Å². The van der Waals surface area contributed by atoms with Crippen molar-refractivity contribution in [1.82, 2.24) is 4.98 Å². The predicted octanol–water partition coefficient (Wildman–Crippen LogP) is 2.78. The fourth-order valence-corrected chi connectivity index (χ4v) is 2.21. The van der Waals surface area contributed by atoms with E-state index in [2.05, 4.69) is 10.3 Å². The fourth-order valence-electron chi connectivity index (χ4n) is 1.49. The first-order valence-corrected chi connectivity index (χ1v) is 6.51. The molecule has 0 saturated carbocycles. The van der Waals surface area contributed by atoms with E-state index in [0.29, 0.717) is 3.57 Å². The quantitative estimate of drug-likeness (QED) is 0.796. The topological polar surface area (TPSA) is 79.3 Å². The molecule has 7 heteroatoms. The van der Waals surface area contributed by atoms with E-state index in [-0.39, 0.29) is 16.9 Å². The number of halogens is 2. The first-order chi connectivity index (χ1) is 9.47. The molecule has 1 heterocycles. The Labute approximate surface area is 127 Å². The first kappa shape index (κ1) is 14.4. The summed E-state index contributed by atoms with van der Waals surface area (Å²) in [6, 6.07) is 6.33. The van der Waals surface area contributed by atoms with Crippen LogP contribution in [0.1, 0.15) is 20.7 Å². The molecule has 2 rings (SSSR count). The predicted molar refractivity (Wildman–Crippen MR) is 78.3 cm³/mol. The molecule has 0 unspecified atom stereocenters. The molecular weight excluding hydrogens is 378 g/mol. The highest BCUT2D eigenvalue weighted by Crippen LogP contribution is 2.16. The molecule has 102 valence electrons. The molecule has 0 spiro atoms. The van der Waals surface area contributed by atoms with Crippen molar-refractivity contribution in [1.29, 1.82) is 0 Å². The molecule has 0 aliphatic heterocycles. The van der Waals surface area contributed by atoms with Crippen molar-refractivity contribution < 1.29 is 19.1 Å². The van der Waals surface area contributed by atoms with Gasteiger partial charge in [0.2, 0.25) is 0 Å². The maximum atomic E-state index is 13.0. The van der Waals surface area contributed by atoms with Gasteiger partial charge in [-0.1, -0.05) is 0 Å². The molecule has 2 aromatic rings. The zero-order valence-corrected chi connectivity index (χ0v) is 12.1. The van der Waals surface area contributed by atoms with Crippen molar-refractivity contribution in [3.05, 3.63) is 57.0 Å². The molecule has 0 aliphatic carbocycles. The summed E-state index contributed by atoms with van der Waals surface area (Å²) in [5.41, 5.74) is 0.304. The number of carboxylic acid groups (broad SMARTS) is 1. The van der Waals surface area contributed by atoms with E-state index >= 15 is 0 Å². The average Bonchev–Trinajstić information content (AvgIpc) is 2.38. The standard InChI is InChI=1S/C13H8FIN2O3/c14-8-1-2-9(10(15)6-8)12(18)17-11-5-7(13(19)20)3-4-16-11/h1-6H,(H,19,20)(H,16,17,18). The summed E-state index contributed by atoms with van der Waals surface area (Å²) in [6.07, 6.45) is 1.29. The van der Waals surface area contributed by atoms with Gasteiger partial charge in [0, 0.05) is 9.77 Å². The Balaban J connectivity index is 2.23. The molecule has 1 aromatic heterocycles. The number of anilines is 1. The number of amides is 1. The van der Waals surface area contributed by atoms with Gasteiger partial charge in [-0.2, -0.15) is 0 Å². The zero-order chi connectivity index (χ0) is 14.7. The van der Waals surface area contributed by atoms with Crippen LogP contribution in [0.4, 0.5) is 10.2 Å². The molecule has 0 aliphatic rings. The Bertz CT molecular complexity index is 691. The molecule has 20 heavy (non-hydrogen) atoms. The summed E-state index contributed by atoms with van der Waals surface area (Å²) in [5.74, 6) is -1.91. The summed E-state index contributed by atoms with van der Waals surface area (Å²) in [5, 5.41) is 11.3. The van der Waals surface area contributed by atoms with Gasteiger partial charge >= 0.3 is 5.97 Å². The summed E-state index contributed by atoms with van der Waals surface area (Å²) in [6.45, 7) is 0. The second-order valence-electron chi connectivity index (χ2n) is 3.81. The van der Waals surface area contributed by atoms with Crippen LogP contribution in [0, 0.1) is 9.39 Å². The van der Waals surface area contributed by atoms with Crippen LogP contribution in [-0.4, -0.2) is 22.0 Å². The Morgan fingerprint density at radius 1 is 1.25 bits per heavy atom. The van der Waals surface area contributed by atoms with Gasteiger partial charge < -0.3 is 10.4 Å². The van der Waals surface area contributed by atoms with Crippen LogP contribution in [0.5, 0.6) is 0 Å². The van der Waals surface area contributed by atoms with Crippen molar-refractivity contribution in [2.75, 3.05) is 5.32 Å². The second kappa shape index (κ2) is 5.95. The number of aromatic nitrogens is 1. The molecule has 0 saturated heterocycles. The number of nitrogens with one attached hydrogen (secondary N) is 1. The van der Waals surface area contributed by atoms with Gasteiger partial charge in [-0.05, 0) is 52.9 Å². The first-order valence-electron chi connectivity index (χ1n) is 5.43. The third-order valence-electron chi connectivity index (χ3n) is 2.42. The van der Waals surface area contributed by atoms with E-state index in [4.69, 9.17) is 5.11 Å². The Morgan fingerprint density at radius 3 is 2.65 bits per heavy atom. The number of nitrogens with zero attached hydrogens (tertiary/aromatic N) is 1. The molecular formula is C13H8FIN2O3. The minimum absolute atomic E-state index is 0.0177. The summed E-state index contributed by atoms with van der Waals surface area (Å²) >= 11 is 1.85. The van der Waals surface area contributed by atoms with E-state index in [1.807, 2.05) is 22.6 Å². The van der Waals surface area contributed by atoms with Crippen LogP contribution < -0.4 is 5.32 Å². The van der Waals surface area contributed by atoms with E-state index < -0.39 is 17.7 Å². The number of carbonyl (C=O) groups excluding carboxylic acids is 1. The molecule has 5 nitrogen and oxygen atoms in total. The smallest absolute Gasteiger partial charge is 0.335 e. The number of carbonyl (C=O) groups is 2. The lowest BCUT2D eigenvalue weighted by molar-refractivity contribution is 0.0696. The second-order valence-corrected chi connectivity index (χ2v) is 4.98. The number of hydrogen-bond donors (Lipinski definition) is 2. The van der Waals surface area contributed by atoms with Crippen molar-refractivity contribution >= 4 is 40.3 Å². The monoisotopic (exact) mass is 386 g/mol.